The summed E-state index contributed by atoms with van der Waals surface area (Å²) in [6.45, 7) is 3.81. The van der Waals surface area contributed by atoms with E-state index < -0.39 is 5.97 Å². The molecule has 0 aliphatic carbocycles. The smallest absolute Gasteiger partial charge is 0.326 e. The fraction of sp³-hybridized carbons (Fsp3) is 0.500. The van der Waals surface area contributed by atoms with Crippen LogP contribution in [0.1, 0.15) is 12.5 Å². The number of nitrogens with zero attached hydrogens (tertiary/aromatic N) is 1. The van der Waals surface area contributed by atoms with Crippen LogP contribution in [0.5, 0.6) is 0 Å². The summed E-state index contributed by atoms with van der Waals surface area (Å²) in [6, 6.07) is 1.71. The molecule has 1 atom stereocenters. The van der Waals surface area contributed by atoms with Gasteiger partial charge in [-0.2, -0.15) is 0 Å². The number of pyridine rings is 1. The molecule has 18 heavy (non-hydrogen) atoms. The number of esters is 1. The van der Waals surface area contributed by atoms with Crippen LogP contribution in [-0.4, -0.2) is 30.4 Å². The standard InChI is InChI=1S/C12H16BrNO4/c1-8-4-10(13)12(16)14(5-8)6-11(15)18-9(2)7-17-3/h4-5,9H,6-7H2,1-3H3. The van der Waals surface area contributed by atoms with Gasteiger partial charge in [-0.3, -0.25) is 9.59 Å². The molecule has 0 aliphatic heterocycles. The first-order chi connectivity index (χ1) is 8.43. The Bertz CT molecular complexity index is 483. The topological polar surface area (TPSA) is 57.5 Å². The van der Waals surface area contributed by atoms with Gasteiger partial charge in [0.2, 0.25) is 0 Å². The lowest BCUT2D eigenvalue weighted by molar-refractivity contribution is -0.151. The molecule has 0 bridgehead atoms. The molecule has 5 nitrogen and oxygen atoms in total. The zero-order chi connectivity index (χ0) is 13.7. The second-order valence-electron chi connectivity index (χ2n) is 4.05. The number of hydrogen-bond donors (Lipinski definition) is 0. The van der Waals surface area contributed by atoms with Crippen LogP contribution < -0.4 is 5.56 Å². The van der Waals surface area contributed by atoms with Crippen LogP contribution in [0.3, 0.4) is 0 Å². The summed E-state index contributed by atoms with van der Waals surface area (Å²) in [5.74, 6) is -0.459. The second kappa shape index (κ2) is 6.70. The lowest BCUT2D eigenvalue weighted by atomic mass is 10.3. The zero-order valence-corrected chi connectivity index (χ0v) is 12.2. The third-order valence-corrected chi connectivity index (χ3v) is 2.78. The number of carbonyl (C=O) groups is 1. The first-order valence-corrected chi connectivity index (χ1v) is 6.28. The number of halogens is 1. The summed E-state index contributed by atoms with van der Waals surface area (Å²) in [7, 11) is 1.53. The summed E-state index contributed by atoms with van der Waals surface area (Å²) < 4.78 is 11.7. The van der Waals surface area contributed by atoms with E-state index in [1.165, 1.54) is 11.7 Å². The van der Waals surface area contributed by atoms with E-state index in [-0.39, 0.29) is 18.2 Å². The highest BCUT2D eigenvalue weighted by Gasteiger charge is 2.12. The molecular weight excluding hydrogens is 302 g/mol. The molecule has 0 amide bonds. The average molecular weight is 318 g/mol. The van der Waals surface area contributed by atoms with Gasteiger partial charge in [0.15, 0.2) is 0 Å². The summed E-state index contributed by atoms with van der Waals surface area (Å²) in [6.07, 6.45) is 1.29. The third kappa shape index (κ3) is 4.27. The predicted octanol–water partition coefficient (Wildman–Crippen LogP) is 1.50. The Balaban J connectivity index is 2.73. The second-order valence-corrected chi connectivity index (χ2v) is 4.91. The van der Waals surface area contributed by atoms with Crippen LogP contribution in [0.15, 0.2) is 21.5 Å². The Morgan fingerprint density at radius 3 is 2.83 bits per heavy atom. The van der Waals surface area contributed by atoms with Crippen molar-refractivity contribution >= 4 is 21.9 Å². The van der Waals surface area contributed by atoms with Gasteiger partial charge < -0.3 is 14.0 Å². The van der Waals surface area contributed by atoms with E-state index in [4.69, 9.17) is 9.47 Å². The number of aromatic nitrogens is 1. The van der Waals surface area contributed by atoms with Gasteiger partial charge in [-0.15, -0.1) is 0 Å². The molecule has 100 valence electrons. The summed E-state index contributed by atoms with van der Waals surface area (Å²) in [5, 5.41) is 0. The van der Waals surface area contributed by atoms with E-state index in [1.807, 2.05) is 6.92 Å². The van der Waals surface area contributed by atoms with E-state index in [2.05, 4.69) is 15.9 Å². The summed E-state index contributed by atoms with van der Waals surface area (Å²) >= 11 is 3.16. The van der Waals surface area contributed by atoms with Crippen molar-refractivity contribution in [2.75, 3.05) is 13.7 Å². The van der Waals surface area contributed by atoms with Gasteiger partial charge in [0.1, 0.15) is 12.6 Å². The minimum Gasteiger partial charge on any atom is -0.459 e. The van der Waals surface area contributed by atoms with Crippen molar-refractivity contribution in [3.8, 4) is 0 Å². The number of carbonyl (C=O) groups excluding carboxylic acids is 1. The molecule has 1 unspecified atom stereocenters. The molecule has 0 spiro atoms. The van der Waals surface area contributed by atoms with Crippen molar-refractivity contribution < 1.29 is 14.3 Å². The van der Waals surface area contributed by atoms with Crippen molar-refractivity contribution in [1.82, 2.24) is 4.57 Å². The molecule has 0 aliphatic rings. The molecule has 1 rings (SSSR count). The number of rotatable bonds is 5. The van der Waals surface area contributed by atoms with Crippen molar-refractivity contribution in [1.29, 1.82) is 0 Å². The van der Waals surface area contributed by atoms with Crippen molar-refractivity contribution in [2.45, 2.75) is 26.5 Å². The highest BCUT2D eigenvalue weighted by Crippen LogP contribution is 2.06. The molecule has 1 aromatic heterocycles. The highest BCUT2D eigenvalue weighted by molar-refractivity contribution is 9.10. The van der Waals surface area contributed by atoms with E-state index in [0.717, 1.165) is 5.56 Å². The van der Waals surface area contributed by atoms with E-state index >= 15 is 0 Å². The Labute approximate surface area is 114 Å². The Morgan fingerprint density at radius 2 is 2.22 bits per heavy atom. The lowest BCUT2D eigenvalue weighted by Gasteiger charge is -2.13. The van der Waals surface area contributed by atoms with Crippen LogP contribution in [0, 0.1) is 6.92 Å². The minimum atomic E-state index is -0.459. The molecule has 0 fully saturated rings. The SMILES string of the molecule is COCC(C)OC(=O)Cn1cc(C)cc(Br)c1=O. The zero-order valence-electron chi connectivity index (χ0n) is 10.6. The Kier molecular flexibility index (Phi) is 5.55. The van der Waals surface area contributed by atoms with Crippen LogP contribution >= 0.6 is 15.9 Å². The molecule has 6 heteroatoms. The monoisotopic (exact) mass is 317 g/mol. The van der Waals surface area contributed by atoms with Gasteiger partial charge in [0.25, 0.3) is 5.56 Å². The van der Waals surface area contributed by atoms with Crippen molar-refractivity contribution in [3.05, 3.63) is 32.7 Å². The van der Waals surface area contributed by atoms with E-state index in [1.54, 1.807) is 19.2 Å². The summed E-state index contributed by atoms with van der Waals surface area (Å²) in [4.78, 5) is 23.4. The van der Waals surface area contributed by atoms with Gasteiger partial charge in [-0.1, -0.05) is 0 Å². The number of hydrogen-bond acceptors (Lipinski definition) is 4. The fourth-order valence-corrected chi connectivity index (χ4v) is 2.12. The molecule has 1 aromatic rings. The molecule has 0 saturated heterocycles. The fourth-order valence-electron chi connectivity index (χ4n) is 1.53. The lowest BCUT2D eigenvalue weighted by Crippen LogP contribution is -2.28. The van der Waals surface area contributed by atoms with Crippen LogP contribution in [0.25, 0.3) is 0 Å². The first kappa shape index (κ1) is 14.9. The average Bonchev–Trinajstić information content (AvgIpc) is 2.25. The van der Waals surface area contributed by atoms with Gasteiger partial charge in [-0.05, 0) is 41.4 Å². The Hall–Kier alpha value is -1.14. The van der Waals surface area contributed by atoms with Gasteiger partial charge in [-0.25, -0.2) is 0 Å². The number of ether oxygens (including phenoxy) is 2. The predicted molar refractivity (Wildman–Crippen MR) is 70.6 cm³/mol. The number of aryl methyl sites for hydroxylation is 1. The van der Waals surface area contributed by atoms with Crippen LogP contribution in [0.4, 0.5) is 0 Å². The molecule has 0 saturated carbocycles. The molecule has 0 N–H and O–H groups in total. The maximum Gasteiger partial charge on any atom is 0.326 e. The van der Waals surface area contributed by atoms with E-state index in [9.17, 15) is 9.59 Å². The molecule has 1 heterocycles. The highest BCUT2D eigenvalue weighted by atomic mass is 79.9. The first-order valence-electron chi connectivity index (χ1n) is 5.49. The largest absolute Gasteiger partial charge is 0.459 e. The third-order valence-electron chi connectivity index (χ3n) is 2.21. The Morgan fingerprint density at radius 1 is 1.56 bits per heavy atom. The van der Waals surface area contributed by atoms with Gasteiger partial charge in [0, 0.05) is 13.3 Å². The van der Waals surface area contributed by atoms with Crippen LogP contribution in [0.2, 0.25) is 0 Å². The van der Waals surface area contributed by atoms with Crippen molar-refractivity contribution in [2.24, 2.45) is 0 Å². The van der Waals surface area contributed by atoms with Crippen LogP contribution in [-0.2, 0) is 20.8 Å². The summed E-state index contributed by atoms with van der Waals surface area (Å²) in [5.41, 5.74) is 0.635. The van der Waals surface area contributed by atoms with Crippen molar-refractivity contribution in [3.63, 3.8) is 0 Å². The maximum absolute atomic E-state index is 11.8. The van der Waals surface area contributed by atoms with Gasteiger partial charge in [0.05, 0.1) is 11.1 Å². The van der Waals surface area contributed by atoms with Gasteiger partial charge >= 0.3 is 5.97 Å². The normalized spacial score (nSPS) is 12.2. The number of methoxy groups -OCH3 is 1. The minimum absolute atomic E-state index is 0.104. The van der Waals surface area contributed by atoms with E-state index in [0.29, 0.717) is 11.1 Å². The molecular formula is C12H16BrNO4. The quantitative estimate of drug-likeness (QED) is 0.772. The molecule has 0 radical (unpaired) electrons. The molecule has 0 aromatic carbocycles. The maximum atomic E-state index is 11.8.